The number of benzene rings is 1. The Morgan fingerprint density at radius 1 is 0.962 bits per heavy atom. The Hall–Kier alpha value is -2.41. The molecule has 119 valence electrons. The summed E-state index contributed by atoms with van der Waals surface area (Å²) in [6.07, 6.45) is 12.1. The molecule has 1 atom stereocenters. The molecule has 1 unspecified atom stereocenters. The number of allylic oxidation sites excluding steroid dienone is 3. The Morgan fingerprint density at radius 3 is 2.54 bits per heavy atom. The van der Waals surface area contributed by atoms with Gasteiger partial charge in [-0.25, -0.2) is 11.3 Å². The number of rotatable bonds is 1. The second kappa shape index (κ2) is 6.39. The second-order valence-electron chi connectivity index (χ2n) is 6.07. The first-order valence-corrected chi connectivity index (χ1v) is 8.12. The molecule has 2 aromatic heterocycles. The predicted octanol–water partition coefficient (Wildman–Crippen LogP) is 2.46. The van der Waals surface area contributed by atoms with Crippen molar-refractivity contribution >= 4 is 0 Å². The van der Waals surface area contributed by atoms with Gasteiger partial charge in [-0.3, -0.25) is 0 Å². The summed E-state index contributed by atoms with van der Waals surface area (Å²) in [5, 5.41) is 9.02. The van der Waals surface area contributed by atoms with Crippen LogP contribution in [-0.4, -0.2) is 0 Å². The van der Waals surface area contributed by atoms with Crippen molar-refractivity contribution in [1.82, 2.24) is 0 Å². The Bertz CT molecular complexity index is 1080. The van der Waals surface area contributed by atoms with Gasteiger partial charge in [0.2, 0.25) is 5.69 Å². The molecule has 0 aliphatic carbocycles. The standard InChI is InChI=1S/C22H13N3.Y/c23-13-7-8-17-16-18-9-3-5-14-24(18)22(17)20-11-2-1-10-19(20)21-12-4-6-15-25(21)22;/h1-6,8-12,14-15H;. The summed E-state index contributed by atoms with van der Waals surface area (Å²) < 4.78 is 4.47. The van der Waals surface area contributed by atoms with Crippen molar-refractivity contribution in [1.29, 1.82) is 5.26 Å². The number of nitrogens with zero attached hydrogens (tertiary/aromatic N) is 3. The van der Waals surface area contributed by atoms with Crippen LogP contribution in [0, 0.1) is 23.5 Å². The van der Waals surface area contributed by atoms with Crippen LogP contribution in [0.1, 0.15) is 11.3 Å². The van der Waals surface area contributed by atoms with Gasteiger partial charge in [-0.05, 0) is 30.3 Å². The van der Waals surface area contributed by atoms with E-state index in [0.717, 1.165) is 17.0 Å². The van der Waals surface area contributed by atoms with Crippen LogP contribution in [0.4, 0.5) is 0 Å². The number of pyridine rings is 2. The van der Waals surface area contributed by atoms with Crippen molar-refractivity contribution < 1.29 is 41.8 Å². The summed E-state index contributed by atoms with van der Waals surface area (Å²) >= 11 is 0. The van der Waals surface area contributed by atoms with Gasteiger partial charge < -0.3 is 6.08 Å². The Balaban J connectivity index is 0.00000168. The Morgan fingerprint density at radius 2 is 1.69 bits per heavy atom. The van der Waals surface area contributed by atoms with E-state index in [-0.39, 0.29) is 32.7 Å². The summed E-state index contributed by atoms with van der Waals surface area (Å²) in [7, 11) is 0. The fourth-order valence-corrected chi connectivity index (χ4v) is 4.03. The minimum Gasteiger partial charge on any atom is -0.306 e. The van der Waals surface area contributed by atoms with E-state index in [1.54, 1.807) is 6.08 Å². The normalized spacial score (nSPS) is 18.7. The third-order valence-electron chi connectivity index (χ3n) is 4.91. The largest absolute Gasteiger partial charge is 0.333 e. The molecular formula is C22H13N3Y. The molecule has 2 aliphatic heterocycles. The average Bonchev–Trinajstić information content (AvgIpc) is 3.16. The van der Waals surface area contributed by atoms with E-state index in [0.29, 0.717) is 0 Å². The first kappa shape index (κ1) is 17.0. The van der Waals surface area contributed by atoms with E-state index in [4.69, 9.17) is 5.26 Å². The molecule has 0 saturated carbocycles. The van der Waals surface area contributed by atoms with Gasteiger partial charge in [0.15, 0.2) is 12.4 Å². The topological polar surface area (TPSA) is 31.5 Å². The van der Waals surface area contributed by atoms with Crippen LogP contribution in [0.3, 0.4) is 0 Å². The van der Waals surface area contributed by atoms with Crippen molar-refractivity contribution in [3.63, 3.8) is 0 Å². The van der Waals surface area contributed by atoms with Crippen LogP contribution in [0.25, 0.3) is 11.3 Å². The molecule has 4 heteroatoms. The zero-order chi connectivity index (χ0) is 16.9. The average molecular weight is 408 g/mol. The van der Waals surface area contributed by atoms with Crippen LogP contribution in [0.15, 0.2) is 84.7 Å². The third-order valence-corrected chi connectivity index (χ3v) is 4.91. The number of aromatic nitrogens is 2. The maximum atomic E-state index is 9.02. The summed E-state index contributed by atoms with van der Waals surface area (Å²) in [4.78, 5) is 0. The quantitative estimate of drug-likeness (QED) is 0.346. The molecule has 3 nitrogen and oxygen atoms in total. The van der Waals surface area contributed by atoms with Gasteiger partial charge in [0.1, 0.15) is 0 Å². The molecule has 0 amide bonds. The predicted molar refractivity (Wildman–Crippen MR) is 90.5 cm³/mol. The summed E-state index contributed by atoms with van der Waals surface area (Å²) in [6.45, 7) is 0. The smallest absolute Gasteiger partial charge is 0.306 e. The molecule has 0 bridgehead atoms. The Labute approximate surface area is 177 Å². The van der Waals surface area contributed by atoms with Crippen molar-refractivity contribution in [2.45, 2.75) is 5.66 Å². The second-order valence-corrected chi connectivity index (χ2v) is 6.07. The number of hydrogen-bond acceptors (Lipinski definition) is 1. The zero-order valence-electron chi connectivity index (χ0n) is 13.9. The van der Waals surface area contributed by atoms with E-state index in [2.05, 4.69) is 70.1 Å². The monoisotopic (exact) mass is 408 g/mol. The molecule has 2 aliphatic rings. The van der Waals surface area contributed by atoms with Crippen LogP contribution in [-0.2, 0) is 38.4 Å². The van der Waals surface area contributed by atoms with Crippen molar-refractivity contribution in [2.75, 3.05) is 0 Å². The molecule has 0 saturated heterocycles. The molecule has 26 heavy (non-hydrogen) atoms. The molecule has 1 aromatic carbocycles. The van der Waals surface area contributed by atoms with Crippen LogP contribution in [0.5, 0.6) is 0 Å². The maximum Gasteiger partial charge on any atom is 0.333 e. The number of hydrogen-bond donors (Lipinski definition) is 0. The van der Waals surface area contributed by atoms with Gasteiger partial charge in [-0.2, -0.15) is 16.2 Å². The number of nitriles is 1. The molecule has 4 heterocycles. The first-order valence-electron chi connectivity index (χ1n) is 8.12. The SMILES string of the molecule is N#C[C-]=CC1=[C-]c2cccc[n+]2C12c1ccccc1-c1cccc[n+]12.[Y]. The van der Waals surface area contributed by atoms with E-state index < -0.39 is 5.66 Å². The molecule has 0 N–H and O–H groups in total. The third kappa shape index (κ3) is 2.07. The molecule has 3 aromatic rings. The molecule has 5 rings (SSSR count). The zero-order valence-corrected chi connectivity index (χ0v) is 16.8. The minimum atomic E-state index is -0.576. The van der Waals surface area contributed by atoms with Crippen molar-refractivity contribution in [2.24, 2.45) is 0 Å². The van der Waals surface area contributed by atoms with E-state index >= 15 is 0 Å². The van der Waals surface area contributed by atoms with Gasteiger partial charge in [0.05, 0.1) is 16.8 Å². The van der Waals surface area contributed by atoms with Crippen LogP contribution >= 0.6 is 0 Å². The summed E-state index contributed by atoms with van der Waals surface area (Å²) in [5.41, 5.74) is 4.82. The number of fused-ring (bicyclic) bond motifs is 7. The van der Waals surface area contributed by atoms with Crippen LogP contribution < -0.4 is 9.13 Å². The van der Waals surface area contributed by atoms with E-state index in [1.807, 2.05) is 30.3 Å². The fourth-order valence-electron chi connectivity index (χ4n) is 4.03. The van der Waals surface area contributed by atoms with Crippen LogP contribution in [0.2, 0.25) is 0 Å². The van der Waals surface area contributed by atoms with Gasteiger partial charge in [0, 0.05) is 44.8 Å². The molecule has 1 spiro atoms. The van der Waals surface area contributed by atoms with E-state index in [1.165, 1.54) is 11.1 Å². The van der Waals surface area contributed by atoms with Gasteiger partial charge >= 0.3 is 5.66 Å². The first-order chi connectivity index (χ1) is 12.4. The fraction of sp³-hybridized carbons (Fsp3) is 0.0455. The Kier molecular flexibility index (Phi) is 4.19. The summed E-state index contributed by atoms with van der Waals surface area (Å²) in [5.74, 6) is 0. The van der Waals surface area contributed by atoms with Crippen molar-refractivity contribution in [3.8, 4) is 17.3 Å². The van der Waals surface area contributed by atoms with Crippen molar-refractivity contribution in [3.05, 3.63) is 108 Å². The molecule has 0 fully saturated rings. The van der Waals surface area contributed by atoms with Gasteiger partial charge in [-0.1, -0.05) is 18.2 Å². The van der Waals surface area contributed by atoms with Gasteiger partial charge in [-0.15, -0.1) is 10.6 Å². The summed E-state index contributed by atoms with van der Waals surface area (Å²) in [6, 6.07) is 22.7. The molecular weight excluding hydrogens is 395 g/mol. The minimum absolute atomic E-state index is 0. The van der Waals surface area contributed by atoms with E-state index in [9.17, 15) is 0 Å². The maximum absolute atomic E-state index is 9.02. The van der Waals surface area contributed by atoms with Gasteiger partial charge in [0.25, 0.3) is 0 Å². The molecule has 1 radical (unpaired) electrons.